The van der Waals surface area contributed by atoms with Crippen molar-refractivity contribution in [2.24, 2.45) is 0 Å². The molecule has 3 nitrogen and oxygen atoms in total. The SMILES string of the molecule is CC1=CC(=O)C(=O)C=C1O. The zero-order valence-corrected chi connectivity index (χ0v) is 5.42. The first-order chi connectivity index (χ1) is 4.61. The van der Waals surface area contributed by atoms with Crippen LogP contribution in [0.3, 0.4) is 0 Å². The fourth-order valence-corrected chi connectivity index (χ4v) is 0.651. The van der Waals surface area contributed by atoms with Crippen molar-refractivity contribution in [2.45, 2.75) is 6.92 Å². The minimum Gasteiger partial charge on any atom is -0.508 e. The lowest BCUT2D eigenvalue weighted by Crippen LogP contribution is -2.13. The second-order valence-electron chi connectivity index (χ2n) is 2.09. The van der Waals surface area contributed by atoms with Crippen LogP contribution in [0.2, 0.25) is 0 Å². The number of hydrogen-bond donors (Lipinski definition) is 1. The minimum atomic E-state index is -0.664. The van der Waals surface area contributed by atoms with Crippen LogP contribution in [0, 0.1) is 0 Å². The Balaban J connectivity index is 3.06. The van der Waals surface area contributed by atoms with Crippen LogP contribution in [0.15, 0.2) is 23.5 Å². The van der Waals surface area contributed by atoms with E-state index in [2.05, 4.69) is 0 Å². The van der Waals surface area contributed by atoms with Crippen molar-refractivity contribution in [1.29, 1.82) is 0 Å². The van der Waals surface area contributed by atoms with Crippen LogP contribution in [-0.2, 0) is 9.59 Å². The Morgan fingerprint density at radius 2 is 1.70 bits per heavy atom. The predicted octanol–water partition coefficient (Wildman–Crippen LogP) is 0.526. The molecule has 0 radical (unpaired) electrons. The smallest absolute Gasteiger partial charge is 0.229 e. The molecule has 1 N–H and O–H groups in total. The van der Waals surface area contributed by atoms with Gasteiger partial charge in [0.2, 0.25) is 11.6 Å². The van der Waals surface area contributed by atoms with Gasteiger partial charge in [-0.1, -0.05) is 0 Å². The largest absolute Gasteiger partial charge is 0.508 e. The number of allylic oxidation sites excluding steroid dienone is 3. The van der Waals surface area contributed by atoms with E-state index >= 15 is 0 Å². The predicted molar refractivity (Wildman–Crippen MR) is 34.5 cm³/mol. The van der Waals surface area contributed by atoms with Gasteiger partial charge in [-0.25, -0.2) is 0 Å². The molecular weight excluding hydrogens is 132 g/mol. The van der Waals surface area contributed by atoms with Crippen molar-refractivity contribution < 1.29 is 14.7 Å². The monoisotopic (exact) mass is 138 g/mol. The summed E-state index contributed by atoms with van der Waals surface area (Å²) in [6.07, 6.45) is 2.05. The highest BCUT2D eigenvalue weighted by Gasteiger charge is 2.16. The molecular formula is C7H6O3. The molecule has 0 spiro atoms. The molecule has 10 heavy (non-hydrogen) atoms. The van der Waals surface area contributed by atoms with Gasteiger partial charge in [-0.2, -0.15) is 0 Å². The average molecular weight is 138 g/mol. The van der Waals surface area contributed by atoms with Crippen LogP contribution in [0.4, 0.5) is 0 Å². The molecule has 1 rings (SSSR count). The van der Waals surface area contributed by atoms with Gasteiger partial charge in [-0.15, -0.1) is 0 Å². The van der Waals surface area contributed by atoms with Gasteiger partial charge in [0.15, 0.2) is 0 Å². The van der Waals surface area contributed by atoms with Crippen molar-refractivity contribution in [3.8, 4) is 0 Å². The van der Waals surface area contributed by atoms with E-state index in [1.165, 1.54) is 0 Å². The van der Waals surface area contributed by atoms with Crippen LogP contribution in [0.25, 0.3) is 0 Å². The normalized spacial score (nSPS) is 18.5. The maximum Gasteiger partial charge on any atom is 0.229 e. The first-order valence-electron chi connectivity index (χ1n) is 2.79. The topological polar surface area (TPSA) is 54.4 Å². The van der Waals surface area contributed by atoms with Gasteiger partial charge in [-0.3, -0.25) is 9.59 Å². The lowest BCUT2D eigenvalue weighted by molar-refractivity contribution is -0.131. The summed E-state index contributed by atoms with van der Waals surface area (Å²) in [4.78, 5) is 21.1. The third-order valence-electron chi connectivity index (χ3n) is 1.26. The summed E-state index contributed by atoms with van der Waals surface area (Å²) in [5, 5.41) is 8.89. The average Bonchev–Trinajstić information content (AvgIpc) is 1.84. The van der Waals surface area contributed by atoms with Crippen LogP contribution < -0.4 is 0 Å². The third kappa shape index (κ3) is 0.978. The summed E-state index contributed by atoms with van der Waals surface area (Å²) >= 11 is 0. The molecule has 0 aromatic heterocycles. The first kappa shape index (κ1) is 6.74. The van der Waals surface area contributed by atoms with E-state index in [0.29, 0.717) is 5.57 Å². The molecule has 0 saturated heterocycles. The zero-order valence-electron chi connectivity index (χ0n) is 5.42. The highest BCUT2D eigenvalue weighted by Crippen LogP contribution is 2.10. The molecule has 0 amide bonds. The Hall–Kier alpha value is -1.38. The van der Waals surface area contributed by atoms with Gasteiger partial charge < -0.3 is 5.11 Å². The summed E-state index contributed by atoms with van der Waals surface area (Å²) in [5.41, 5.74) is 0.435. The fourth-order valence-electron chi connectivity index (χ4n) is 0.651. The highest BCUT2D eigenvalue weighted by atomic mass is 16.3. The van der Waals surface area contributed by atoms with Gasteiger partial charge in [0.05, 0.1) is 0 Å². The van der Waals surface area contributed by atoms with Crippen molar-refractivity contribution in [3.63, 3.8) is 0 Å². The van der Waals surface area contributed by atoms with Crippen LogP contribution in [-0.4, -0.2) is 16.7 Å². The Morgan fingerprint density at radius 3 is 2.20 bits per heavy atom. The molecule has 0 fully saturated rings. The van der Waals surface area contributed by atoms with Crippen LogP contribution >= 0.6 is 0 Å². The van der Waals surface area contributed by atoms with E-state index in [4.69, 9.17) is 5.11 Å². The van der Waals surface area contributed by atoms with Gasteiger partial charge in [0, 0.05) is 6.08 Å². The van der Waals surface area contributed by atoms with Gasteiger partial charge in [0.1, 0.15) is 5.76 Å². The molecule has 52 valence electrons. The summed E-state index contributed by atoms with van der Waals surface area (Å²) < 4.78 is 0. The number of aliphatic hydroxyl groups excluding tert-OH is 1. The molecule has 1 aliphatic rings. The fraction of sp³-hybridized carbons (Fsp3) is 0.143. The quantitative estimate of drug-likeness (QED) is 0.392. The molecule has 3 heteroatoms. The van der Waals surface area contributed by atoms with Gasteiger partial charge in [-0.05, 0) is 18.6 Å². The molecule has 0 heterocycles. The second-order valence-corrected chi connectivity index (χ2v) is 2.09. The molecule has 0 aliphatic heterocycles. The van der Waals surface area contributed by atoms with Crippen LogP contribution in [0.1, 0.15) is 6.92 Å². The van der Waals surface area contributed by atoms with Gasteiger partial charge in [0.25, 0.3) is 0 Å². The van der Waals surface area contributed by atoms with E-state index in [1.54, 1.807) is 6.92 Å². The van der Waals surface area contributed by atoms with E-state index in [0.717, 1.165) is 12.2 Å². The van der Waals surface area contributed by atoms with E-state index in [1.807, 2.05) is 0 Å². The number of carbonyl (C=O) groups is 2. The highest BCUT2D eigenvalue weighted by molar-refractivity contribution is 6.46. The number of rotatable bonds is 0. The molecule has 0 atom stereocenters. The maximum absolute atomic E-state index is 10.6. The summed E-state index contributed by atoms with van der Waals surface area (Å²) in [7, 11) is 0. The van der Waals surface area contributed by atoms with Crippen molar-refractivity contribution in [1.82, 2.24) is 0 Å². The van der Waals surface area contributed by atoms with Crippen molar-refractivity contribution in [3.05, 3.63) is 23.5 Å². The van der Waals surface area contributed by atoms with Crippen LogP contribution in [0.5, 0.6) is 0 Å². The molecule has 0 bridgehead atoms. The Bertz CT molecular complexity index is 230. The number of ketones is 2. The molecule has 1 aliphatic carbocycles. The van der Waals surface area contributed by atoms with Gasteiger partial charge >= 0.3 is 0 Å². The Kier molecular flexibility index (Phi) is 1.41. The summed E-state index contributed by atoms with van der Waals surface area (Å²) in [6, 6.07) is 0. The standard InChI is InChI=1S/C7H6O3/c1-4-2-6(9)7(10)3-5(4)8/h2-3,8H,1H3. The molecule has 0 saturated carbocycles. The number of carbonyl (C=O) groups excluding carboxylic acids is 2. The minimum absolute atomic E-state index is 0.121. The Labute approximate surface area is 57.7 Å². The maximum atomic E-state index is 10.6. The van der Waals surface area contributed by atoms with E-state index < -0.39 is 11.6 Å². The zero-order chi connectivity index (χ0) is 7.72. The van der Waals surface area contributed by atoms with Crippen molar-refractivity contribution in [2.75, 3.05) is 0 Å². The lowest BCUT2D eigenvalue weighted by atomic mass is 10.1. The van der Waals surface area contributed by atoms with E-state index in [-0.39, 0.29) is 5.76 Å². The molecule has 0 aromatic rings. The summed E-state index contributed by atoms with van der Waals surface area (Å²) in [5.74, 6) is -1.36. The number of aliphatic hydroxyl groups is 1. The lowest BCUT2D eigenvalue weighted by Gasteiger charge is -2.02. The summed E-state index contributed by atoms with van der Waals surface area (Å²) in [6.45, 7) is 1.57. The Morgan fingerprint density at radius 1 is 1.20 bits per heavy atom. The van der Waals surface area contributed by atoms with E-state index in [9.17, 15) is 9.59 Å². The first-order valence-corrected chi connectivity index (χ1v) is 2.79. The van der Waals surface area contributed by atoms with Crippen molar-refractivity contribution >= 4 is 11.6 Å². The number of hydrogen-bond acceptors (Lipinski definition) is 3. The molecule has 0 aromatic carbocycles. The third-order valence-corrected chi connectivity index (χ3v) is 1.26. The molecule has 0 unspecified atom stereocenters. The second kappa shape index (κ2) is 2.10.